The number of anilines is 1. The van der Waals surface area contributed by atoms with Crippen LogP contribution >= 0.6 is 0 Å². The lowest BCUT2D eigenvalue weighted by atomic mass is 9.86. The van der Waals surface area contributed by atoms with E-state index in [0.29, 0.717) is 19.0 Å². The normalized spacial score (nSPS) is 26.7. The molecule has 0 bridgehead atoms. The van der Waals surface area contributed by atoms with Gasteiger partial charge < -0.3 is 20.3 Å². The summed E-state index contributed by atoms with van der Waals surface area (Å²) in [6.07, 6.45) is 5.57. The van der Waals surface area contributed by atoms with Gasteiger partial charge in [-0.3, -0.25) is 4.79 Å². The molecule has 8 heteroatoms. The molecule has 1 saturated heterocycles. The van der Waals surface area contributed by atoms with Gasteiger partial charge in [-0.1, -0.05) is 0 Å². The molecule has 0 spiro atoms. The first kappa shape index (κ1) is 18.5. The fourth-order valence-corrected chi connectivity index (χ4v) is 5.21. The third kappa shape index (κ3) is 2.84. The molecule has 3 fully saturated rings. The van der Waals surface area contributed by atoms with Gasteiger partial charge in [-0.05, 0) is 50.0 Å². The zero-order valence-electron chi connectivity index (χ0n) is 15.9. The molecule has 3 N–H and O–H groups in total. The number of hydrogen-bond acceptors (Lipinski definition) is 4. The summed E-state index contributed by atoms with van der Waals surface area (Å²) < 4.78 is 32.3. The summed E-state index contributed by atoms with van der Waals surface area (Å²) in [7, 11) is 0. The van der Waals surface area contributed by atoms with Crippen LogP contribution in [-0.2, 0) is 0 Å². The second-order valence-electron chi connectivity index (χ2n) is 8.63. The van der Waals surface area contributed by atoms with Crippen molar-refractivity contribution in [3.63, 3.8) is 0 Å². The number of aromatic nitrogens is 1. The van der Waals surface area contributed by atoms with Crippen molar-refractivity contribution in [3.8, 4) is 0 Å². The quantitative estimate of drug-likeness (QED) is 0.823. The molecule has 2 heterocycles. The van der Waals surface area contributed by atoms with Crippen LogP contribution in [0.2, 0.25) is 0 Å². The first-order valence-corrected chi connectivity index (χ1v) is 10.2. The number of hydrogen-bond donors (Lipinski definition) is 2. The summed E-state index contributed by atoms with van der Waals surface area (Å²) in [6, 6.07) is 0.970. The molecule has 0 radical (unpaired) electrons. The van der Waals surface area contributed by atoms with Crippen molar-refractivity contribution < 1.29 is 18.7 Å². The average Bonchev–Trinajstić information content (AvgIpc) is 3.46. The Hall–Kier alpha value is -2.48. The van der Waals surface area contributed by atoms with Gasteiger partial charge in [0.25, 0.3) is 0 Å². The van der Waals surface area contributed by atoms with Crippen LogP contribution < -0.4 is 16.1 Å². The Morgan fingerprint density at radius 3 is 2.62 bits per heavy atom. The predicted molar refractivity (Wildman–Crippen MR) is 104 cm³/mol. The molecule has 2 aromatic rings. The summed E-state index contributed by atoms with van der Waals surface area (Å²) in [6.45, 7) is 1.03. The molecule has 0 amide bonds. The molecule has 2 saturated carbocycles. The third-order valence-electron chi connectivity index (χ3n) is 6.90. The maximum Gasteiger partial charge on any atom is 0.341 e. The van der Waals surface area contributed by atoms with Crippen LogP contribution in [0.5, 0.6) is 0 Å². The Labute approximate surface area is 165 Å². The van der Waals surface area contributed by atoms with E-state index in [0.717, 1.165) is 38.2 Å². The van der Waals surface area contributed by atoms with Gasteiger partial charge in [0.1, 0.15) is 17.1 Å². The molecular formula is C21H23F2N3O3. The van der Waals surface area contributed by atoms with E-state index in [4.69, 9.17) is 5.73 Å². The number of aromatic carboxylic acids is 1. The minimum absolute atomic E-state index is 0.00301. The molecule has 1 aromatic heterocycles. The van der Waals surface area contributed by atoms with Crippen molar-refractivity contribution in [1.29, 1.82) is 0 Å². The molecule has 6 nitrogen and oxygen atoms in total. The molecule has 5 rings (SSSR count). The molecule has 0 unspecified atom stereocenters. The number of fused-ring (bicyclic) bond motifs is 2. The molecule has 3 aliphatic rings. The summed E-state index contributed by atoms with van der Waals surface area (Å²) in [5.74, 6) is -2.31. The highest BCUT2D eigenvalue weighted by molar-refractivity contribution is 5.94. The number of carbonyl (C=O) groups is 1. The standard InChI is InChI=1S/C21H23F2N3O3/c22-15-7-12-18(26(11-2-3-11)9-14(20(12)27)21(28)29)17(23)19(15)25-6-5-10-1-4-16(24)13(10)8-25/h7,9-11,13,16H,1-6,8,24H2,(H,28,29)/t10-,13+,16+/m1/s1. The van der Waals surface area contributed by atoms with Gasteiger partial charge >= 0.3 is 5.97 Å². The minimum atomic E-state index is -1.39. The Kier molecular flexibility index (Phi) is 4.17. The largest absolute Gasteiger partial charge is 0.477 e. The Morgan fingerprint density at radius 1 is 1.17 bits per heavy atom. The number of carboxylic acid groups (broad SMARTS) is 1. The molecule has 1 aliphatic heterocycles. The van der Waals surface area contributed by atoms with Crippen LogP contribution in [0.4, 0.5) is 14.5 Å². The van der Waals surface area contributed by atoms with Gasteiger partial charge in [0, 0.05) is 31.4 Å². The maximum atomic E-state index is 15.7. The number of rotatable bonds is 3. The van der Waals surface area contributed by atoms with Crippen molar-refractivity contribution in [1.82, 2.24) is 4.57 Å². The summed E-state index contributed by atoms with van der Waals surface area (Å²) >= 11 is 0. The van der Waals surface area contributed by atoms with Gasteiger partial charge in [-0.2, -0.15) is 0 Å². The van der Waals surface area contributed by atoms with Crippen molar-refractivity contribution in [2.75, 3.05) is 18.0 Å². The molecule has 3 atom stereocenters. The van der Waals surface area contributed by atoms with E-state index in [1.807, 2.05) is 0 Å². The van der Waals surface area contributed by atoms with Crippen LogP contribution in [0.3, 0.4) is 0 Å². The fraction of sp³-hybridized carbons (Fsp3) is 0.524. The lowest BCUT2D eigenvalue weighted by Gasteiger charge is -2.38. The van der Waals surface area contributed by atoms with E-state index in [1.54, 1.807) is 4.90 Å². The zero-order chi connectivity index (χ0) is 20.4. The molecule has 2 aliphatic carbocycles. The van der Waals surface area contributed by atoms with Gasteiger partial charge in [-0.15, -0.1) is 0 Å². The highest BCUT2D eigenvalue weighted by Crippen LogP contribution is 2.42. The van der Waals surface area contributed by atoms with Crippen molar-refractivity contribution in [2.45, 2.75) is 44.2 Å². The van der Waals surface area contributed by atoms with Gasteiger partial charge in [0.2, 0.25) is 5.43 Å². The summed E-state index contributed by atoms with van der Waals surface area (Å²) in [5.41, 5.74) is 4.76. The van der Waals surface area contributed by atoms with Crippen LogP contribution in [-0.4, -0.2) is 34.8 Å². The van der Waals surface area contributed by atoms with Crippen molar-refractivity contribution >= 4 is 22.6 Å². The number of halogens is 2. The first-order chi connectivity index (χ1) is 13.9. The average molecular weight is 403 g/mol. The smallest absolute Gasteiger partial charge is 0.341 e. The van der Waals surface area contributed by atoms with E-state index in [2.05, 4.69) is 0 Å². The second kappa shape index (κ2) is 6.52. The number of benzene rings is 1. The van der Waals surface area contributed by atoms with Crippen molar-refractivity contribution in [3.05, 3.63) is 39.7 Å². The predicted octanol–water partition coefficient (Wildman–Crippen LogP) is 2.88. The highest BCUT2D eigenvalue weighted by atomic mass is 19.1. The van der Waals surface area contributed by atoms with E-state index in [-0.39, 0.29) is 34.6 Å². The number of nitrogens with zero attached hydrogens (tertiary/aromatic N) is 2. The second-order valence-corrected chi connectivity index (χ2v) is 8.63. The SMILES string of the molecule is N[C@H]1CC[C@@H]2CCN(c3c(F)cc4c(=O)c(C(=O)O)cn(C5CC5)c4c3F)C[C@@H]21. The monoisotopic (exact) mass is 403 g/mol. The van der Waals surface area contributed by atoms with Gasteiger partial charge in [-0.25, -0.2) is 13.6 Å². The van der Waals surface area contributed by atoms with Crippen LogP contribution in [0.1, 0.15) is 48.5 Å². The summed E-state index contributed by atoms with van der Waals surface area (Å²) in [5, 5.41) is 9.12. The minimum Gasteiger partial charge on any atom is -0.477 e. The third-order valence-corrected chi connectivity index (χ3v) is 6.90. The van der Waals surface area contributed by atoms with Crippen LogP contribution in [0, 0.1) is 23.5 Å². The van der Waals surface area contributed by atoms with Gasteiger partial charge in [0.05, 0.1) is 10.9 Å². The highest BCUT2D eigenvalue weighted by Gasteiger charge is 2.40. The number of carboxylic acids is 1. The van der Waals surface area contributed by atoms with Crippen molar-refractivity contribution in [2.24, 2.45) is 17.6 Å². The molecular weight excluding hydrogens is 380 g/mol. The van der Waals surface area contributed by atoms with E-state index in [1.165, 1.54) is 10.8 Å². The lowest BCUT2D eigenvalue weighted by Crippen LogP contribution is -2.45. The number of pyridine rings is 1. The Morgan fingerprint density at radius 2 is 1.93 bits per heavy atom. The molecule has 1 aromatic carbocycles. The molecule has 154 valence electrons. The maximum absolute atomic E-state index is 15.7. The number of nitrogens with two attached hydrogens (primary N) is 1. The van der Waals surface area contributed by atoms with E-state index >= 15 is 8.78 Å². The fourth-order valence-electron chi connectivity index (χ4n) is 5.21. The number of piperidine rings is 1. The summed E-state index contributed by atoms with van der Waals surface area (Å²) in [4.78, 5) is 25.8. The van der Waals surface area contributed by atoms with Crippen LogP contribution in [0.25, 0.3) is 10.9 Å². The lowest BCUT2D eigenvalue weighted by molar-refractivity contribution is 0.0695. The Bertz CT molecular complexity index is 1080. The topological polar surface area (TPSA) is 88.6 Å². The van der Waals surface area contributed by atoms with E-state index < -0.39 is 28.6 Å². The van der Waals surface area contributed by atoms with Gasteiger partial charge in [0.15, 0.2) is 5.82 Å². The van der Waals surface area contributed by atoms with Crippen LogP contribution in [0.15, 0.2) is 17.1 Å². The Balaban J connectivity index is 1.68. The first-order valence-electron chi connectivity index (χ1n) is 10.2. The zero-order valence-corrected chi connectivity index (χ0v) is 15.9. The van der Waals surface area contributed by atoms with E-state index in [9.17, 15) is 14.7 Å². The molecule has 29 heavy (non-hydrogen) atoms.